The van der Waals surface area contributed by atoms with Crippen LogP contribution in [0.2, 0.25) is 0 Å². The van der Waals surface area contributed by atoms with E-state index in [4.69, 9.17) is 10.3 Å². The minimum atomic E-state index is -0.737. The van der Waals surface area contributed by atoms with E-state index >= 15 is 0 Å². The zero-order chi connectivity index (χ0) is 15.0. The third kappa shape index (κ3) is 2.24. The highest BCUT2D eigenvalue weighted by atomic mass is 19.1. The van der Waals surface area contributed by atoms with Crippen LogP contribution in [0.25, 0.3) is 22.5 Å². The molecule has 0 unspecified atom stereocenters. The van der Waals surface area contributed by atoms with Crippen LogP contribution in [0.4, 0.5) is 14.6 Å². The van der Waals surface area contributed by atoms with E-state index in [2.05, 4.69) is 10.1 Å². The van der Waals surface area contributed by atoms with Crippen LogP contribution in [-0.2, 0) is 0 Å². The monoisotopic (exact) mass is 287 g/mol. The van der Waals surface area contributed by atoms with Gasteiger partial charge in [-0.15, -0.1) is 0 Å². The highest BCUT2D eigenvalue weighted by Gasteiger charge is 2.21. The average Bonchev–Trinajstić information content (AvgIpc) is 2.85. The number of rotatable bonds is 2. The molecule has 0 bridgehead atoms. The average molecular weight is 287 g/mol. The molecular weight excluding hydrogens is 276 g/mol. The van der Waals surface area contributed by atoms with E-state index in [0.717, 1.165) is 6.07 Å². The maximum absolute atomic E-state index is 14.0. The number of anilines is 1. The molecule has 3 rings (SSSR count). The Kier molecular flexibility index (Phi) is 3.13. The van der Waals surface area contributed by atoms with E-state index in [0.29, 0.717) is 16.7 Å². The lowest BCUT2D eigenvalue weighted by Gasteiger charge is -2.05. The Balaban J connectivity index is 2.24. The Bertz CT molecular complexity index is 800. The van der Waals surface area contributed by atoms with Gasteiger partial charge in [-0.1, -0.05) is 11.2 Å². The Morgan fingerprint density at radius 2 is 2.00 bits per heavy atom. The largest absolute Gasteiger partial charge is 0.380 e. The summed E-state index contributed by atoms with van der Waals surface area (Å²) >= 11 is 0. The van der Waals surface area contributed by atoms with Crippen molar-refractivity contribution in [2.75, 3.05) is 5.73 Å². The van der Waals surface area contributed by atoms with Gasteiger partial charge < -0.3 is 10.3 Å². The van der Waals surface area contributed by atoms with Crippen LogP contribution < -0.4 is 5.73 Å². The molecule has 6 heteroatoms. The van der Waals surface area contributed by atoms with Crippen LogP contribution in [-0.4, -0.2) is 10.1 Å². The first-order valence-electron chi connectivity index (χ1n) is 6.19. The molecule has 0 atom stereocenters. The summed E-state index contributed by atoms with van der Waals surface area (Å²) in [4.78, 5) is 3.99. The van der Waals surface area contributed by atoms with Crippen molar-refractivity contribution in [3.63, 3.8) is 0 Å². The summed E-state index contributed by atoms with van der Waals surface area (Å²) in [6.45, 7) is 1.54. The van der Waals surface area contributed by atoms with E-state index < -0.39 is 11.6 Å². The molecule has 106 valence electrons. The summed E-state index contributed by atoms with van der Waals surface area (Å²) in [7, 11) is 0. The van der Waals surface area contributed by atoms with E-state index in [1.807, 2.05) is 0 Å². The minimum absolute atomic E-state index is 0.108. The van der Waals surface area contributed by atoms with Gasteiger partial charge >= 0.3 is 0 Å². The van der Waals surface area contributed by atoms with Crippen LogP contribution >= 0.6 is 0 Å². The maximum Gasteiger partial charge on any atom is 0.179 e. The van der Waals surface area contributed by atoms with E-state index in [1.165, 1.54) is 6.07 Å². The van der Waals surface area contributed by atoms with Crippen LogP contribution in [0.1, 0.15) is 5.56 Å². The van der Waals surface area contributed by atoms with Crippen molar-refractivity contribution < 1.29 is 13.3 Å². The first kappa shape index (κ1) is 13.2. The fraction of sp³-hybridized carbons (Fsp3) is 0.0667. The molecule has 0 spiro atoms. The lowest BCUT2D eigenvalue weighted by molar-refractivity contribution is 0.433. The molecule has 0 saturated heterocycles. The second-order valence-corrected chi connectivity index (χ2v) is 4.59. The number of nitrogens with two attached hydrogens (primary N) is 1. The predicted molar refractivity (Wildman–Crippen MR) is 74.2 cm³/mol. The topological polar surface area (TPSA) is 64.9 Å². The molecule has 0 aliphatic carbocycles. The lowest BCUT2D eigenvalue weighted by atomic mass is 10.0. The third-order valence-electron chi connectivity index (χ3n) is 3.16. The summed E-state index contributed by atoms with van der Waals surface area (Å²) in [5.74, 6) is -1.08. The van der Waals surface area contributed by atoms with Crippen LogP contribution in [0.5, 0.6) is 0 Å². The third-order valence-corrected chi connectivity index (χ3v) is 3.16. The van der Waals surface area contributed by atoms with Gasteiger partial charge in [-0.3, -0.25) is 4.98 Å². The van der Waals surface area contributed by atoms with Gasteiger partial charge in [0.25, 0.3) is 0 Å². The molecule has 2 N–H and O–H groups in total. The van der Waals surface area contributed by atoms with Gasteiger partial charge in [0.2, 0.25) is 0 Å². The van der Waals surface area contributed by atoms with Gasteiger partial charge in [-0.25, -0.2) is 8.78 Å². The number of aromatic nitrogens is 2. The van der Waals surface area contributed by atoms with E-state index in [1.54, 1.807) is 31.5 Å². The summed E-state index contributed by atoms with van der Waals surface area (Å²) in [5.41, 5.74) is 7.30. The molecular formula is C15H11F2N3O. The van der Waals surface area contributed by atoms with Gasteiger partial charge in [-0.05, 0) is 24.6 Å². The minimum Gasteiger partial charge on any atom is -0.380 e. The molecule has 4 nitrogen and oxygen atoms in total. The molecule has 0 fully saturated rings. The highest BCUT2D eigenvalue weighted by Crippen LogP contribution is 2.37. The fourth-order valence-corrected chi connectivity index (χ4v) is 2.11. The van der Waals surface area contributed by atoms with Gasteiger partial charge in [0.1, 0.15) is 11.6 Å². The Morgan fingerprint density at radius 1 is 1.19 bits per heavy atom. The second kappa shape index (κ2) is 4.97. The number of benzene rings is 1. The molecule has 21 heavy (non-hydrogen) atoms. The standard InChI is InChI=1S/C15H11F2N3O/c1-8-5-10(12(17)6-11(8)16)14-13(15(18)20-21-14)9-3-2-4-19-7-9/h2-7H,1H3,(H2,18,20). The molecule has 0 aliphatic heterocycles. The zero-order valence-electron chi connectivity index (χ0n) is 11.1. The summed E-state index contributed by atoms with van der Waals surface area (Å²) in [6.07, 6.45) is 3.18. The molecule has 0 aliphatic rings. The SMILES string of the molecule is Cc1cc(-c2onc(N)c2-c2cccnc2)c(F)cc1F. The van der Waals surface area contributed by atoms with Crippen LogP contribution in [0.3, 0.4) is 0 Å². The van der Waals surface area contributed by atoms with Gasteiger partial charge in [0.05, 0.1) is 11.1 Å². The Hall–Kier alpha value is -2.76. The zero-order valence-corrected chi connectivity index (χ0v) is 11.1. The summed E-state index contributed by atoms with van der Waals surface area (Å²) in [6, 6.07) is 5.66. The van der Waals surface area contributed by atoms with E-state index in [-0.39, 0.29) is 17.1 Å². The maximum atomic E-state index is 14.0. The van der Waals surface area contributed by atoms with Crippen molar-refractivity contribution in [1.29, 1.82) is 0 Å². The van der Waals surface area contributed by atoms with Gasteiger partial charge in [0.15, 0.2) is 11.6 Å². The normalized spacial score (nSPS) is 10.8. The van der Waals surface area contributed by atoms with Crippen LogP contribution in [0, 0.1) is 18.6 Å². The number of pyridine rings is 1. The van der Waals surface area contributed by atoms with Crippen molar-refractivity contribution in [2.24, 2.45) is 0 Å². The summed E-state index contributed by atoms with van der Waals surface area (Å²) in [5, 5.41) is 3.68. The van der Waals surface area contributed by atoms with Gasteiger partial charge in [0, 0.05) is 24.0 Å². The van der Waals surface area contributed by atoms with E-state index in [9.17, 15) is 8.78 Å². The molecule has 0 amide bonds. The molecule has 3 aromatic rings. The lowest BCUT2D eigenvalue weighted by Crippen LogP contribution is -1.93. The number of aryl methyl sites for hydroxylation is 1. The molecule has 0 radical (unpaired) electrons. The first-order valence-corrected chi connectivity index (χ1v) is 6.19. The first-order chi connectivity index (χ1) is 10.1. The summed E-state index contributed by atoms with van der Waals surface area (Å²) < 4.78 is 32.6. The van der Waals surface area contributed by atoms with Crippen molar-refractivity contribution >= 4 is 5.82 Å². The molecule has 2 aromatic heterocycles. The second-order valence-electron chi connectivity index (χ2n) is 4.59. The van der Waals surface area contributed by atoms with Crippen molar-refractivity contribution in [2.45, 2.75) is 6.92 Å². The number of halogens is 2. The fourth-order valence-electron chi connectivity index (χ4n) is 2.11. The molecule has 2 heterocycles. The highest BCUT2D eigenvalue weighted by molar-refractivity contribution is 5.86. The molecule has 1 aromatic carbocycles. The predicted octanol–water partition coefficient (Wildman–Crippen LogP) is 3.57. The Labute approximate surface area is 119 Å². The Morgan fingerprint density at radius 3 is 2.71 bits per heavy atom. The van der Waals surface area contributed by atoms with Crippen LogP contribution in [0.15, 0.2) is 41.2 Å². The van der Waals surface area contributed by atoms with Crippen molar-refractivity contribution in [1.82, 2.24) is 10.1 Å². The number of nitrogen functional groups attached to an aromatic ring is 1. The van der Waals surface area contributed by atoms with Gasteiger partial charge in [-0.2, -0.15) is 0 Å². The van der Waals surface area contributed by atoms with Crippen molar-refractivity contribution in [3.05, 3.63) is 53.9 Å². The number of hydrogen-bond donors (Lipinski definition) is 1. The molecule has 0 saturated carbocycles. The number of hydrogen-bond acceptors (Lipinski definition) is 4. The number of nitrogens with zero attached hydrogens (tertiary/aromatic N) is 2. The van der Waals surface area contributed by atoms with Crippen molar-refractivity contribution in [3.8, 4) is 22.5 Å². The smallest absolute Gasteiger partial charge is 0.179 e. The quantitative estimate of drug-likeness (QED) is 0.782.